The average molecular weight is 936 g/mol. The molecule has 1 atom stereocenters. The molecule has 6 heteroatoms. The lowest BCUT2D eigenvalue weighted by Gasteiger charge is -2.18. The van der Waals surface area contributed by atoms with E-state index in [1.807, 2.05) is 0 Å². The van der Waals surface area contributed by atoms with E-state index in [2.05, 4.69) is 93.7 Å². The number of carbonyl (C=O) groups is 3. The quantitative estimate of drug-likeness (QED) is 0.0262. The van der Waals surface area contributed by atoms with Crippen molar-refractivity contribution in [3.63, 3.8) is 0 Å². The molecule has 0 aliphatic carbocycles. The predicted molar refractivity (Wildman–Crippen MR) is 288 cm³/mol. The van der Waals surface area contributed by atoms with Crippen molar-refractivity contribution in [3.8, 4) is 0 Å². The van der Waals surface area contributed by atoms with Gasteiger partial charge in [0.2, 0.25) is 0 Å². The third-order valence-electron chi connectivity index (χ3n) is 12.2. The zero-order chi connectivity index (χ0) is 48.6. The minimum Gasteiger partial charge on any atom is -0.462 e. The Morgan fingerprint density at radius 1 is 0.313 bits per heavy atom. The fourth-order valence-electron chi connectivity index (χ4n) is 7.94. The summed E-state index contributed by atoms with van der Waals surface area (Å²) < 4.78 is 16.8. The van der Waals surface area contributed by atoms with E-state index in [4.69, 9.17) is 14.2 Å². The summed E-state index contributed by atoms with van der Waals surface area (Å²) in [4.78, 5) is 38.1. The van der Waals surface area contributed by atoms with Gasteiger partial charge in [-0.25, -0.2) is 0 Å². The van der Waals surface area contributed by atoms with Crippen LogP contribution in [0.2, 0.25) is 0 Å². The molecular weight excluding hydrogens is 829 g/mol. The Hall–Kier alpha value is -3.15. The summed E-state index contributed by atoms with van der Waals surface area (Å²) in [5.74, 6) is -0.952. The molecule has 6 nitrogen and oxygen atoms in total. The number of allylic oxidation sites excluding steroid dienone is 12. The lowest BCUT2D eigenvalue weighted by molar-refractivity contribution is -0.167. The van der Waals surface area contributed by atoms with Crippen molar-refractivity contribution in [1.29, 1.82) is 0 Å². The van der Waals surface area contributed by atoms with E-state index < -0.39 is 6.10 Å². The maximum absolute atomic E-state index is 12.8. The zero-order valence-electron chi connectivity index (χ0n) is 44.2. The van der Waals surface area contributed by atoms with Gasteiger partial charge in [-0.2, -0.15) is 0 Å². The molecule has 0 aromatic rings. The first-order valence-corrected chi connectivity index (χ1v) is 28.4. The Morgan fingerprint density at radius 3 is 0.970 bits per heavy atom. The second-order valence-corrected chi connectivity index (χ2v) is 18.8. The predicted octanol–water partition coefficient (Wildman–Crippen LogP) is 19.0. The number of carbonyl (C=O) groups excluding carboxylic acids is 3. The molecule has 0 radical (unpaired) electrons. The highest BCUT2D eigenvalue weighted by atomic mass is 16.6. The van der Waals surface area contributed by atoms with Crippen LogP contribution >= 0.6 is 0 Å². The first-order valence-electron chi connectivity index (χ1n) is 28.4. The van der Waals surface area contributed by atoms with Crippen molar-refractivity contribution in [2.75, 3.05) is 13.2 Å². The van der Waals surface area contributed by atoms with E-state index in [1.165, 1.54) is 154 Å². The Bertz CT molecular complexity index is 1260. The minimum absolute atomic E-state index is 0.0970. The molecule has 0 spiro atoms. The second-order valence-electron chi connectivity index (χ2n) is 18.8. The third kappa shape index (κ3) is 53.7. The molecule has 386 valence electrons. The summed E-state index contributed by atoms with van der Waals surface area (Å²) >= 11 is 0. The summed E-state index contributed by atoms with van der Waals surface area (Å²) in [6, 6.07) is 0. The molecule has 0 saturated carbocycles. The number of rotatable bonds is 51. The molecule has 0 aliphatic rings. The topological polar surface area (TPSA) is 78.9 Å². The number of esters is 3. The van der Waals surface area contributed by atoms with E-state index in [9.17, 15) is 14.4 Å². The molecule has 0 bridgehead atoms. The fourth-order valence-corrected chi connectivity index (χ4v) is 7.94. The molecule has 0 aliphatic heterocycles. The van der Waals surface area contributed by atoms with Crippen LogP contribution in [0.25, 0.3) is 0 Å². The van der Waals surface area contributed by atoms with Gasteiger partial charge in [0.25, 0.3) is 0 Å². The minimum atomic E-state index is -0.805. The lowest BCUT2D eigenvalue weighted by Crippen LogP contribution is -2.30. The summed E-state index contributed by atoms with van der Waals surface area (Å²) in [6.07, 6.45) is 70.4. The monoisotopic (exact) mass is 935 g/mol. The van der Waals surface area contributed by atoms with Crippen molar-refractivity contribution in [1.82, 2.24) is 0 Å². The van der Waals surface area contributed by atoms with Gasteiger partial charge in [-0.3, -0.25) is 14.4 Å². The van der Waals surface area contributed by atoms with Gasteiger partial charge >= 0.3 is 17.9 Å². The van der Waals surface area contributed by atoms with Gasteiger partial charge in [0.05, 0.1) is 0 Å². The molecule has 0 aromatic heterocycles. The van der Waals surface area contributed by atoms with Crippen LogP contribution < -0.4 is 0 Å². The molecule has 0 amide bonds. The number of hydrogen-bond acceptors (Lipinski definition) is 6. The SMILES string of the molecule is CC/C=C\C/C=C\C/C=C\C/C=C\C/C=C\CCCC(=O)OC(COC(=O)CCCCCCCCC/C=C\CCCCCCCCC)COC(=O)CCCCCCCCCCCCCCCC. The largest absolute Gasteiger partial charge is 0.462 e. The van der Waals surface area contributed by atoms with Crippen LogP contribution in [-0.2, 0) is 28.6 Å². The lowest BCUT2D eigenvalue weighted by atomic mass is 10.0. The van der Waals surface area contributed by atoms with Crippen LogP contribution in [0, 0.1) is 0 Å². The van der Waals surface area contributed by atoms with Crippen molar-refractivity contribution in [2.45, 2.75) is 284 Å². The summed E-state index contributed by atoms with van der Waals surface area (Å²) in [6.45, 7) is 6.49. The van der Waals surface area contributed by atoms with Crippen LogP contribution in [-0.4, -0.2) is 37.2 Å². The first kappa shape index (κ1) is 63.8. The van der Waals surface area contributed by atoms with Gasteiger partial charge in [-0.1, -0.05) is 248 Å². The van der Waals surface area contributed by atoms with Crippen LogP contribution in [0.4, 0.5) is 0 Å². The molecule has 0 saturated heterocycles. The number of hydrogen-bond donors (Lipinski definition) is 0. The number of unbranched alkanes of at least 4 members (excludes halogenated alkanes) is 28. The van der Waals surface area contributed by atoms with E-state index in [1.54, 1.807) is 0 Å². The maximum atomic E-state index is 12.8. The Labute approximate surface area is 414 Å². The van der Waals surface area contributed by atoms with E-state index >= 15 is 0 Å². The Balaban J connectivity index is 4.45. The van der Waals surface area contributed by atoms with Crippen LogP contribution in [0.15, 0.2) is 72.9 Å². The highest BCUT2D eigenvalue weighted by Crippen LogP contribution is 2.15. The highest BCUT2D eigenvalue weighted by molar-refractivity contribution is 5.71. The molecule has 1 unspecified atom stereocenters. The smallest absolute Gasteiger partial charge is 0.306 e. The average Bonchev–Trinajstić information content (AvgIpc) is 3.33. The van der Waals surface area contributed by atoms with E-state index in [0.717, 1.165) is 77.0 Å². The zero-order valence-corrected chi connectivity index (χ0v) is 44.2. The molecule has 0 fully saturated rings. The van der Waals surface area contributed by atoms with Crippen LogP contribution in [0.1, 0.15) is 278 Å². The van der Waals surface area contributed by atoms with Gasteiger partial charge in [0.1, 0.15) is 13.2 Å². The van der Waals surface area contributed by atoms with Gasteiger partial charge < -0.3 is 14.2 Å². The van der Waals surface area contributed by atoms with Gasteiger partial charge in [0, 0.05) is 19.3 Å². The van der Waals surface area contributed by atoms with Crippen molar-refractivity contribution in [2.24, 2.45) is 0 Å². The Kier molecular flexibility index (Phi) is 52.8. The maximum Gasteiger partial charge on any atom is 0.306 e. The first-order chi connectivity index (χ1) is 33.0. The molecule has 0 aromatic carbocycles. The van der Waals surface area contributed by atoms with E-state index in [-0.39, 0.29) is 37.5 Å². The molecule has 67 heavy (non-hydrogen) atoms. The highest BCUT2D eigenvalue weighted by Gasteiger charge is 2.19. The van der Waals surface area contributed by atoms with E-state index in [0.29, 0.717) is 19.3 Å². The standard InChI is InChI=1S/C61H106O6/c1-4-7-10-13-16-19-22-25-28-30-32-33-36-39-42-45-48-51-54-60(63)66-57-58(56-65-59(62)53-50-47-44-41-38-35-27-24-21-18-15-12-9-6-3)67-61(64)55-52-49-46-43-40-37-34-31-29-26-23-20-17-14-11-8-5-2/h8,11,17,20,26,28-30,34,37,43,46,58H,4-7,9-10,12-16,18-19,21-25,27,31-33,35-36,38-42,44-45,47-57H2,1-3H3/b11-8-,20-17-,29-26-,30-28-,37-34-,46-43-. The normalized spacial score (nSPS) is 12.6. The van der Waals surface area contributed by atoms with Gasteiger partial charge in [-0.05, 0) is 83.5 Å². The summed E-state index contributed by atoms with van der Waals surface area (Å²) in [5, 5.41) is 0. The molecule has 0 N–H and O–H groups in total. The van der Waals surface area contributed by atoms with Crippen LogP contribution in [0.5, 0.6) is 0 Å². The van der Waals surface area contributed by atoms with Crippen molar-refractivity contribution < 1.29 is 28.6 Å². The van der Waals surface area contributed by atoms with Gasteiger partial charge in [-0.15, -0.1) is 0 Å². The van der Waals surface area contributed by atoms with Crippen molar-refractivity contribution in [3.05, 3.63) is 72.9 Å². The van der Waals surface area contributed by atoms with Gasteiger partial charge in [0.15, 0.2) is 6.10 Å². The van der Waals surface area contributed by atoms with Crippen LogP contribution in [0.3, 0.4) is 0 Å². The molecular formula is C61H106O6. The Morgan fingerprint density at radius 2 is 0.597 bits per heavy atom. The summed E-state index contributed by atoms with van der Waals surface area (Å²) in [7, 11) is 0. The summed E-state index contributed by atoms with van der Waals surface area (Å²) in [5.41, 5.74) is 0. The fraction of sp³-hybridized carbons (Fsp3) is 0.754. The number of ether oxygens (including phenoxy) is 3. The molecule has 0 rings (SSSR count). The second kappa shape index (κ2) is 55.4. The third-order valence-corrected chi connectivity index (χ3v) is 12.2. The molecule has 0 heterocycles. The van der Waals surface area contributed by atoms with Crippen molar-refractivity contribution >= 4 is 17.9 Å².